The summed E-state index contributed by atoms with van der Waals surface area (Å²) in [5, 5.41) is 1.42. The molecule has 0 bridgehead atoms. The lowest BCUT2D eigenvalue weighted by Gasteiger charge is -2.22. The summed E-state index contributed by atoms with van der Waals surface area (Å²) in [6, 6.07) is 4.21. The molecule has 0 heterocycles. The second-order valence-corrected chi connectivity index (χ2v) is 3.37. The zero-order valence-electron chi connectivity index (χ0n) is 9.42. The molecular formula is C11H17NO2. The van der Waals surface area contributed by atoms with E-state index >= 15 is 0 Å². The van der Waals surface area contributed by atoms with Crippen LogP contribution in [0.4, 0.5) is 5.69 Å². The molecule has 1 aromatic carbocycles. The van der Waals surface area contributed by atoms with E-state index in [4.69, 9.17) is 9.68 Å². The van der Waals surface area contributed by atoms with Gasteiger partial charge in [0.05, 0.1) is 14.2 Å². The Labute approximate surface area is 85.2 Å². The highest BCUT2D eigenvalue weighted by Crippen LogP contribution is 2.26. The first-order chi connectivity index (χ1) is 6.60. The van der Waals surface area contributed by atoms with Gasteiger partial charge in [-0.25, -0.2) is 0 Å². The van der Waals surface area contributed by atoms with Crippen LogP contribution in [0.3, 0.4) is 0 Å². The number of hydrogen-bond acceptors (Lipinski definition) is 3. The first kappa shape index (κ1) is 11.0. The zero-order chi connectivity index (χ0) is 10.7. The molecule has 0 radical (unpaired) electrons. The Balaban J connectivity index is 3.19. The SMILES string of the molecule is CON(OC)c1c(C)cc(C)cc1C. The van der Waals surface area contributed by atoms with Gasteiger partial charge in [-0.1, -0.05) is 17.7 Å². The second kappa shape index (κ2) is 4.44. The quantitative estimate of drug-likeness (QED) is 0.692. The van der Waals surface area contributed by atoms with Crippen LogP contribution < -0.4 is 5.23 Å². The normalized spacial score (nSPS) is 10.4. The molecule has 3 nitrogen and oxygen atoms in total. The van der Waals surface area contributed by atoms with E-state index < -0.39 is 0 Å². The molecule has 1 aromatic rings. The minimum absolute atomic E-state index is 0.973. The van der Waals surface area contributed by atoms with Gasteiger partial charge >= 0.3 is 0 Å². The van der Waals surface area contributed by atoms with Gasteiger partial charge in [-0.05, 0) is 31.9 Å². The van der Waals surface area contributed by atoms with Crippen LogP contribution in [0.1, 0.15) is 16.7 Å². The summed E-state index contributed by atoms with van der Waals surface area (Å²) >= 11 is 0. The van der Waals surface area contributed by atoms with Gasteiger partial charge in [-0.3, -0.25) is 9.68 Å². The predicted octanol–water partition coefficient (Wildman–Crippen LogP) is 2.54. The van der Waals surface area contributed by atoms with Crippen molar-refractivity contribution in [1.82, 2.24) is 0 Å². The summed E-state index contributed by atoms with van der Waals surface area (Å²) in [7, 11) is 3.17. The Kier molecular flexibility index (Phi) is 3.49. The van der Waals surface area contributed by atoms with Gasteiger partial charge < -0.3 is 0 Å². The third-order valence-corrected chi connectivity index (χ3v) is 2.15. The van der Waals surface area contributed by atoms with E-state index in [-0.39, 0.29) is 0 Å². The van der Waals surface area contributed by atoms with Gasteiger partial charge in [0.2, 0.25) is 0 Å². The summed E-state index contributed by atoms with van der Waals surface area (Å²) in [6.45, 7) is 6.16. The molecule has 0 N–H and O–H groups in total. The fourth-order valence-electron chi connectivity index (χ4n) is 1.72. The number of aryl methyl sites for hydroxylation is 3. The predicted molar refractivity (Wildman–Crippen MR) is 57.2 cm³/mol. The summed E-state index contributed by atoms with van der Waals surface area (Å²) in [5.74, 6) is 0. The topological polar surface area (TPSA) is 21.7 Å². The maximum absolute atomic E-state index is 5.10. The fourth-order valence-corrected chi connectivity index (χ4v) is 1.72. The van der Waals surface area contributed by atoms with Crippen LogP contribution in [0.25, 0.3) is 0 Å². The fraction of sp³-hybridized carbons (Fsp3) is 0.455. The van der Waals surface area contributed by atoms with E-state index in [0.29, 0.717) is 0 Å². The lowest BCUT2D eigenvalue weighted by Crippen LogP contribution is -2.21. The summed E-state index contributed by atoms with van der Waals surface area (Å²) in [5.41, 5.74) is 4.51. The van der Waals surface area contributed by atoms with E-state index in [1.54, 1.807) is 14.2 Å². The molecule has 0 unspecified atom stereocenters. The second-order valence-electron chi connectivity index (χ2n) is 3.37. The minimum atomic E-state index is 0.973. The lowest BCUT2D eigenvalue weighted by molar-refractivity contribution is -0.0438. The minimum Gasteiger partial charge on any atom is -0.252 e. The van der Waals surface area contributed by atoms with E-state index in [1.807, 2.05) is 13.8 Å². The van der Waals surface area contributed by atoms with E-state index in [2.05, 4.69) is 19.1 Å². The van der Waals surface area contributed by atoms with Gasteiger partial charge in [0.1, 0.15) is 5.69 Å². The molecule has 0 aliphatic heterocycles. The highest BCUT2D eigenvalue weighted by molar-refractivity contribution is 5.57. The molecule has 0 aliphatic rings. The van der Waals surface area contributed by atoms with Crippen molar-refractivity contribution in [2.75, 3.05) is 19.4 Å². The van der Waals surface area contributed by atoms with Crippen molar-refractivity contribution in [2.24, 2.45) is 0 Å². The van der Waals surface area contributed by atoms with Crippen LogP contribution in [0.2, 0.25) is 0 Å². The van der Waals surface area contributed by atoms with Crippen molar-refractivity contribution in [3.05, 3.63) is 28.8 Å². The summed E-state index contributed by atoms with van der Waals surface area (Å²) < 4.78 is 0. The van der Waals surface area contributed by atoms with Gasteiger partial charge in [-0.15, -0.1) is 5.23 Å². The van der Waals surface area contributed by atoms with Gasteiger partial charge in [0.25, 0.3) is 0 Å². The van der Waals surface area contributed by atoms with Crippen LogP contribution in [0.5, 0.6) is 0 Å². The Morgan fingerprint density at radius 3 is 1.71 bits per heavy atom. The molecule has 0 fully saturated rings. The van der Waals surface area contributed by atoms with Gasteiger partial charge in [0.15, 0.2) is 0 Å². The third-order valence-electron chi connectivity index (χ3n) is 2.15. The molecule has 14 heavy (non-hydrogen) atoms. The number of anilines is 1. The number of nitrogens with zero attached hydrogens (tertiary/aromatic N) is 1. The van der Waals surface area contributed by atoms with E-state index in [1.165, 1.54) is 10.8 Å². The van der Waals surface area contributed by atoms with Crippen LogP contribution in [-0.4, -0.2) is 14.2 Å². The maximum Gasteiger partial charge on any atom is 0.100 e. The molecule has 0 saturated carbocycles. The van der Waals surface area contributed by atoms with Gasteiger partial charge in [0, 0.05) is 0 Å². The number of benzene rings is 1. The highest BCUT2D eigenvalue weighted by Gasteiger charge is 2.11. The highest BCUT2D eigenvalue weighted by atomic mass is 16.9. The Morgan fingerprint density at radius 1 is 0.929 bits per heavy atom. The molecular weight excluding hydrogens is 178 g/mol. The standard InChI is InChI=1S/C11H17NO2/c1-8-6-9(2)11(10(3)7-8)12(13-4)14-5/h6-7H,1-5H3. The average molecular weight is 195 g/mol. The molecule has 78 valence electrons. The Hall–Kier alpha value is -1.06. The molecule has 1 rings (SSSR count). The smallest absolute Gasteiger partial charge is 0.100 e. The largest absolute Gasteiger partial charge is 0.252 e. The third kappa shape index (κ3) is 2.05. The van der Waals surface area contributed by atoms with Gasteiger partial charge in [-0.2, -0.15) is 0 Å². The number of hydrogen-bond donors (Lipinski definition) is 0. The molecule has 0 atom stereocenters. The molecule has 3 heteroatoms. The van der Waals surface area contributed by atoms with E-state index in [0.717, 1.165) is 16.8 Å². The molecule has 0 saturated heterocycles. The molecule has 0 aromatic heterocycles. The average Bonchev–Trinajstić information content (AvgIpc) is 2.10. The Bertz CT molecular complexity index is 296. The van der Waals surface area contributed by atoms with Crippen molar-refractivity contribution in [3.63, 3.8) is 0 Å². The molecule has 0 amide bonds. The van der Waals surface area contributed by atoms with Crippen LogP contribution in [0.15, 0.2) is 12.1 Å². The lowest BCUT2D eigenvalue weighted by atomic mass is 10.1. The van der Waals surface area contributed by atoms with Crippen molar-refractivity contribution < 1.29 is 9.68 Å². The van der Waals surface area contributed by atoms with Crippen molar-refractivity contribution in [2.45, 2.75) is 20.8 Å². The monoisotopic (exact) mass is 195 g/mol. The zero-order valence-corrected chi connectivity index (χ0v) is 9.42. The Morgan fingerprint density at radius 2 is 1.36 bits per heavy atom. The first-order valence-corrected chi connectivity index (χ1v) is 4.56. The van der Waals surface area contributed by atoms with Crippen LogP contribution in [0, 0.1) is 20.8 Å². The number of rotatable bonds is 3. The van der Waals surface area contributed by atoms with E-state index in [9.17, 15) is 0 Å². The summed E-state index contributed by atoms with van der Waals surface area (Å²) in [4.78, 5) is 10.2. The van der Waals surface area contributed by atoms with Crippen LogP contribution >= 0.6 is 0 Å². The van der Waals surface area contributed by atoms with Crippen LogP contribution in [-0.2, 0) is 9.68 Å². The van der Waals surface area contributed by atoms with Crippen molar-refractivity contribution >= 4 is 5.69 Å². The van der Waals surface area contributed by atoms with Crippen molar-refractivity contribution in [3.8, 4) is 0 Å². The first-order valence-electron chi connectivity index (χ1n) is 4.56. The maximum atomic E-state index is 5.10. The van der Waals surface area contributed by atoms with Crippen molar-refractivity contribution in [1.29, 1.82) is 0 Å². The molecule has 0 aliphatic carbocycles. The summed E-state index contributed by atoms with van der Waals surface area (Å²) in [6.07, 6.45) is 0. The molecule has 0 spiro atoms.